The van der Waals surface area contributed by atoms with Crippen LogP contribution in [-0.2, 0) is 18.7 Å². The fourth-order valence-electron chi connectivity index (χ4n) is 3.55. The van der Waals surface area contributed by atoms with Gasteiger partial charge in [-0.2, -0.15) is 17.0 Å². The number of hydrogen-bond acceptors (Lipinski definition) is 6. The third-order valence-electron chi connectivity index (χ3n) is 5.05. The second-order valence-corrected chi connectivity index (χ2v) is 9.01. The highest BCUT2D eigenvalue weighted by molar-refractivity contribution is 7.98. The Balaban J connectivity index is 1.39. The minimum Gasteiger partial charge on any atom is -0.351 e. The molecule has 2 aromatic heterocycles. The van der Waals surface area contributed by atoms with E-state index < -0.39 is 0 Å². The highest BCUT2D eigenvalue weighted by atomic mass is 32.2. The van der Waals surface area contributed by atoms with E-state index in [1.807, 2.05) is 31.2 Å². The van der Waals surface area contributed by atoms with Crippen molar-refractivity contribution >= 4 is 39.2 Å². The number of hydrogen-bond donors (Lipinski definition) is 1. The molecule has 6 nitrogen and oxygen atoms in total. The Morgan fingerprint density at radius 1 is 1.41 bits per heavy atom. The molecule has 0 spiro atoms. The Bertz CT molecular complexity index is 1190. The number of rotatable bonds is 6. The Morgan fingerprint density at radius 3 is 3.07 bits per heavy atom. The van der Waals surface area contributed by atoms with Gasteiger partial charge in [0, 0.05) is 31.0 Å². The first-order chi connectivity index (χ1) is 14.1. The lowest BCUT2D eigenvalue weighted by molar-refractivity contribution is 0.0960. The van der Waals surface area contributed by atoms with Crippen molar-refractivity contribution in [2.24, 2.45) is 0 Å². The van der Waals surface area contributed by atoms with Crippen LogP contribution in [0.3, 0.4) is 0 Å². The van der Waals surface area contributed by atoms with Gasteiger partial charge in [-0.1, -0.05) is 18.2 Å². The van der Waals surface area contributed by atoms with Gasteiger partial charge in [0.1, 0.15) is 10.7 Å². The summed E-state index contributed by atoms with van der Waals surface area (Å²) in [6.45, 7) is 3.06. The molecular weight excluding hydrogens is 404 g/mol. The van der Waals surface area contributed by atoms with Crippen LogP contribution in [0.1, 0.15) is 38.6 Å². The smallest absolute Gasteiger partial charge is 0.262 e. The van der Waals surface area contributed by atoms with E-state index in [1.165, 1.54) is 11.3 Å². The van der Waals surface area contributed by atoms with E-state index in [9.17, 15) is 9.59 Å². The molecule has 1 N–H and O–H groups in total. The number of nitriles is 1. The standard InChI is InChI=1S/C21H20N4O2S2/c1-13-17-20(24-16-7-4-9-25(16)21(17)27)29-18(13)19(26)23-8-10-28-12-15-6-3-2-5-14(15)11-22/h2-3,5-6H,4,7-10,12H2,1H3,(H,23,26). The van der Waals surface area contributed by atoms with Crippen molar-refractivity contribution in [3.05, 3.63) is 62.0 Å². The minimum absolute atomic E-state index is 0.0259. The van der Waals surface area contributed by atoms with Crippen molar-refractivity contribution in [3.63, 3.8) is 0 Å². The predicted molar refractivity (Wildman–Crippen MR) is 117 cm³/mol. The fourth-order valence-corrected chi connectivity index (χ4v) is 5.52. The maximum Gasteiger partial charge on any atom is 0.262 e. The molecule has 1 aliphatic heterocycles. The summed E-state index contributed by atoms with van der Waals surface area (Å²) >= 11 is 2.97. The number of thiophene rings is 1. The van der Waals surface area contributed by atoms with Crippen LogP contribution in [0.2, 0.25) is 0 Å². The van der Waals surface area contributed by atoms with E-state index in [4.69, 9.17) is 5.26 Å². The van der Waals surface area contributed by atoms with Crippen molar-refractivity contribution in [3.8, 4) is 6.07 Å². The SMILES string of the molecule is Cc1c(C(=O)NCCSCc2ccccc2C#N)sc2nc3n(c(=O)c12)CCC3. The van der Waals surface area contributed by atoms with E-state index in [0.29, 0.717) is 33.7 Å². The highest BCUT2D eigenvalue weighted by Crippen LogP contribution is 2.28. The minimum atomic E-state index is -0.159. The van der Waals surface area contributed by atoms with E-state index in [0.717, 1.165) is 41.3 Å². The number of amides is 1. The van der Waals surface area contributed by atoms with Crippen LogP contribution in [0, 0.1) is 18.3 Å². The van der Waals surface area contributed by atoms with Gasteiger partial charge in [0.25, 0.3) is 11.5 Å². The van der Waals surface area contributed by atoms with Gasteiger partial charge in [-0.05, 0) is 30.5 Å². The molecule has 0 bridgehead atoms. The van der Waals surface area contributed by atoms with E-state index in [1.54, 1.807) is 16.3 Å². The Kier molecular flexibility index (Phi) is 5.69. The molecule has 1 amide bonds. The molecule has 1 aliphatic rings. The number of nitrogens with zero attached hydrogens (tertiary/aromatic N) is 3. The molecular formula is C21H20N4O2S2. The lowest BCUT2D eigenvalue weighted by Gasteiger charge is -2.06. The maximum atomic E-state index is 12.7. The Morgan fingerprint density at radius 2 is 2.24 bits per heavy atom. The summed E-state index contributed by atoms with van der Waals surface area (Å²) in [6, 6.07) is 9.75. The lowest BCUT2D eigenvalue weighted by Crippen LogP contribution is -2.25. The van der Waals surface area contributed by atoms with Gasteiger partial charge >= 0.3 is 0 Å². The normalized spacial score (nSPS) is 12.7. The molecule has 4 rings (SSSR count). The van der Waals surface area contributed by atoms with Crippen LogP contribution in [-0.4, -0.2) is 27.8 Å². The number of benzene rings is 1. The number of fused-ring (bicyclic) bond motifs is 2. The number of thioether (sulfide) groups is 1. The largest absolute Gasteiger partial charge is 0.351 e. The number of aromatic nitrogens is 2. The average molecular weight is 425 g/mol. The first-order valence-electron chi connectivity index (χ1n) is 9.47. The van der Waals surface area contributed by atoms with Gasteiger partial charge in [-0.25, -0.2) is 4.98 Å². The van der Waals surface area contributed by atoms with E-state index in [2.05, 4.69) is 16.4 Å². The van der Waals surface area contributed by atoms with Crippen LogP contribution in [0.15, 0.2) is 29.1 Å². The lowest BCUT2D eigenvalue weighted by atomic mass is 10.1. The van der Waals surface area contributed by atoms with Gasteiger partial charge in [-0.3, -0.25) is 14.2 Å². The summed E-state index contributed by atoms with van der Waals surface area (Å²) in [4.78, 5) is 31.2. The Labute approximate surface area is 176 Å². The monoisotopic (exact) mass is 424 g/mol. The molecule has 0 aliphatic carbocycles. The first-order valence-corrected chi connectivity index (χ1v) is 11.4. The number of carbonyl (C=O) groups excluding carboxylic acids is 1. The molecule has 0 saturated heterocycles. The molecule has 0 unspecified atom stereocenters. The molecule has 148 valence electrons. The van der Waals surface area contributed by atoms with Gasteiger partial charge in [0.15, 0.2) is 0 Å². The fraction of sp³-hybridized carbons (Fsp3) is 0.333. The zero-order chi connectivity index (χ0) is 20.4. The Hall–Kier alpha value is -2.63. The summed E-state index contributed by atoms with van der Waals surface area (Å²) in [5.41, 5.74) is 2.39. The van der Waals surface area contributed by atoms with Crippen molar-refractivity contribution in [1.29, 1.82) is 5.26 Å². The third-order valence-corrected chi connectivity index (χ3v) is 7.24. The van der Waals surface area contributed by atoms with Gasteiger partial charge in [0.05, 0.1) is 21.9 Å². The van der Waals surface area contributed by atoms with Gasteiger partial charge in [-0.15, -0.1) is 11.3 Å². The quantitative estimate of drug-likeness (QED) is 0.614. The average Bonchev–Trinajstić information content (AvgIpc) is 3.33. The van der Waals surface area contributed by atoms with Crippen molar-refractivity contribution in [2.75, 3.05) is 12.3 Å². The second kappa shape index (κ2) is 8.39. The summed E-state index contributed by atoms with van der Waals surface area (Å²) in [5, 5.41) is 12.7. The zero-order valence-electron chi connectivity index (χ0n) is 16.0. The first kappa shape index (κ1) is 19.7. The van der Waals surface area contributed by atoms with Crippen molar-refractivity contribution in [2.45, 2.75) is 32.1 Å². The molecule has 8 heteroatoms. The summed E-state index contributed by atoms with van der Waals surface area (Å²) in [5.74, 6) is 2.14. The highest BCUT2D eigenvalue weighted by Gasteiger charge is 2.23. The number of carbonyl (C=O) groups is 1. The van der Waals surface area contributed by atoms with Crippen LogP contribution in [0.4, 0.5) is 0 Å². The molecule has 3 heterocycles. The van der Waals surface area contributed by atoms with Crippen LogP contribution in [0.25, 0.3) is 10.2 Å². The van der Waals surface area contributed by atoms with E-state index >= 15 is 0 Å². The molecule has 0 radical (unpaired) electrons. The van der Waals surface area contributed by atoms with E-state index in [-0.39, 0.29) is 11.5 Å². The van der Waals surface area contributed by atoms with Crippen LogP contribution >= 0.6 is 23.1 Å². The summed E-state index contributed by atoms with van der Waals surface area (Å²) in [7, 11) is 0. The second-order valence-electron chi connectivity index (χ2n) is 6.90. The summed E-state index contributed by atoms with van der Waals surface area (Å²) < 4.78 is 1.74. The van der Waals surface area contributed by atoms with Gasteiger partial charge in [0.2, 0.25) is 0 Å². The molecule has 0 atom stereocenters. The molecule has 3 aromatic rings. The molecule has 0 fully saturated rings. The van der Waals surface area contributed by atoms with Gasteiger partial charge < -0.3 is 5.32 Å². The summed E-state index contributed by atoms with van der Waals surface area (Å²) in [6.07, 6.45) is 1.76. The molecule has 29 heavy (non-hydrogen) atoms. The maximum absolute atomic E-state index is 12.7. The number of aryl methyl sites for hydroxylation is 2. The van der Waals surface area contributed by atoms with Crippen molar-refractivity contribution < 1.29 is 4.79 Å². The van der Waals surface area contributed by atoms with Crippen LogP contribution < -0.4 is 10.9 Å². The van der Waals surface area contributed by atoms with Crippen LogP contribution in [0.5, 0.6) is 0 Å². The zero-order valence-corrected chi connectivity index (χ0v) is 17.7. The molecule has 0 saturated carbocycles. The third kappa shape index (κ3) is 3.80. The van der Waals surface area contributed by atoms with Crippen molar-refractivity contribution in [1.82, 2.24) is 14.9 Å². The predicted octanol–water partition coefficient (Wildman–Crippen LogP) is 3.25. The number of nitrogens with one attached hydrogen (secondary N) is 1. The molecule has 1 aromatic carbocycles. The topological polar surface area (TPSA) is 87.8 Å².